The van der Waals surface area contributed by atoms with Crippen LogP contribution in [-0.2, 0) is 0 Å². The van der Waals surface area contributed by atoms with Crippen molar-refractivity contribution in [2.24, 2.45) is 0 Å². The van der Waals surface area contributed by atoms with E-state index in [0.717, 1.165) is 17.0 Å². The second-order valence-electron chi connectivity index (χ2n) is 4.17. The normalized spacial score (nSPS) is 10.5. The maximum Gasteiger partial charge on any atom is 0.192 e. The van der Waals surface area contributed by atoms with Crippen LogP contribution < -0.4 is 0 Å². The molecule has 0 unspecified atom stereocenters. The maximum absolute atomic E-state index is 13.5. The average molecular weight is 276 g/mol. The Kier molecular flexibility index (Phi) is 3.95. The Morgan fingerprint density at radius 2 is 1.79 bits per heavy atom. The van der Waals surface area contributed by atoms with E-state index in [4.69, 9.17) is 0 Å². The number of nitrogens with zero attached hydrogens (tertiary/aromatic N) is 2. The number of aldehydes is 1. The van der Waals surface area contributed by atoms with E-state index < -0.39 is 5.82 Å². The predicted molar refractivity (Wildman–Crippen MR) is 72.2 cm³/mol. The van der Waals surface area contributed by atoms with Crippen molar-refractivity contribution in [3.8, 4) is 0 Å². The van der Waals surface area contributed by atoms with E-state index in [2.05, 4.69) is 9.97 Å². The highest BCUT2D eigenvalue weighted by Crippen LogP contribution is 2.29. The summed E-state index contributed by atoms with van der Waals surface area (Å²) in [6.07, 6.45) is 0.519. The van der Waals surface area contributed by atoms with Gasteiger partial charge in [-0.3, -0.25) is 4.79 Å². The first-order valence-electron chi connectivity index (χ1n) is 5.76. The van der Waals surface area contributed by atoms with Gasteiger partial charge in [-0.15, -0.1) is 0 Å². The summed E-state index contributed by atoms with van der Waals surface area (Å²) in [6, 6.07) is 4.52. The molecule has 0 aliphatic carbocycles. The molecule has 19 heavy (non-hydrogen) atoms. The van der Waals surface area contributed by atoms with Crippen molar-refractivity contribution in [1.82, 2.24) is 9.97 Å². The molecule has 0 aliphatic rings. The van der Waals surface area contributed by atoms with Crippen LogP contribution in [0.1, 0.15) is 27.3 Å². The van der Waals surface area contributed by atoms with Gasteiger partial charge in [0.15, 0.2) is 11.4 Å². The van der Waals surface area contributed by atoms with Crippen molar-refractivity contribution in [3.63, 3.8) is 0 Å². The van der Waals surface area contributed by atoms with E-state index in [0.29, 0.717) is 16.3 Å². The smallest absolute Gasteiger partial charge is 0.192 e. The number of carbonyl (C=O) groups excluding carboxylic acids is 1. The van der Waals surface area contributed by atoms with Crippen molar-refractivity contribution < 1.29 is 9.18 Å². The first-order chi connectivity index (χ1) is 9.02. The lowest BCUT2D eigenvalue weighted by Crippen LogP contribution is -1.99. The first kappa shape index (κ1) is 13.7. The van der Waals surface area contributed by atoms with Gasteiger partial charge in [0.05, 0.1) is 5.56 Å². The SMILES string of the molecule is Cc1nc(Sc2cccc(F)c2C=O)nc(C)c1C. The van der Waals surface area contributed by atoms with Crippen molar-refractivity contribution in [2.75, 3.05) is 0 Å². The summed E-state index contributed by atoms with van der Waals surface area (Å²) < 4.78 is 13.5. The zero-order chi connectivity index (χ0) is 14.0. The van der Waals surface area contributed by atoms with Gasteiger partial charge in [0.2, 0.25) is 0 Å². The van der Waals surface area contributed by atoms with Gasteiger partial charge in [-0.2, -0.15) is 0 Å². The van der Waals surface area contributed by atoms with Crippen molar-refractivity contribution in [2.45, 2.75) is 30.8 Å². The fourth-order valence-corrected chi connectivity index (χ4v) is 2.57. The van der Waals surface area contributed by atoms with Crippen LogP contribution in [0.2, 0.25) is 0 Å². The molecule has 2 rings (SSSR count). The van der Waals surface area contributed by atoms with E-state index in [1.165, 1.54) is 17.8 Å². The number of aromatic nitrogens is 2. The van der Waals surface area contributed by atoms with E-state index in [1.807, 2.05) is 20.8 Å². The number of rotatable bonds is 3. The quantitative estimate of drug-likeness (QED) is 0.635. The third-order valence-electron chi connectivity index (χ3n) is 2.94. The van der Waals surface area contributed by atoms with Crippen molar-refractivity contribution in [3.05, 3.63) is 46.5 Å². The molecule has 0 bridgehead atoms. The average Bonchev–Trinajstić information content (AvgIpc) is 2.36. The lowest BCUT2D eigenvalue weighted by Gasteiger charge is -2.08. The van der Waals surface area contributed by atoms with E-state index >= 15 is 0 Å². The summed E-state index contributed by atoms with van der Waals surface area (Å²) in [5, 5.41) is 0.523. The fourth-order valence-electron chi connectivity index (χ4n) is 1.61. The number of carbonyl (C=O) groups is 1. The van der Waals surface area contributed by atoms with Crippen LogP contribution >= 0.6 is 11.8 Å². The van der Waals surface area contributed by atoms with Crippen LogP contribution in [0, 0.1) is 26.6 Å². The van der Waals surface area contributed by atoms with Crippen LogP contribution in [-0.4, -0.2) is 16.3 Å². The van der Waals surface area contributed by atoms with Gasteiger partial charge in [0.25, 0.3) is 0 Å². The maximum atomic E-state index is 13.5. The van der Waals surface area contributed by atoms with E-state index in [1.54, 1.807) is 12.1 Å². The number of aryl methyl sites for hydroxylation is 2. The van der Waals surface area contributed by atoms with Gasteiger partial charge in [0.1, 0.15) is 5.82 Å². The number of halogens is 1. The minimum Gasteiger partial charge on any atom is -0.298 e. The number of hydrogen-bond acceptors (Lipinski definition) is 4. The highest BCUT2D eigenvalue weighted by Gasteiger charge is 2.12. The van der Waals surface area contributed by atoms with E-state index in [-0.39, 0.29) is 5.56 Å². The van der Waals surface area contributed by atoms with Crippen LogP contribution in [0.5, 0.6) is 0 Å². The second-order valence-corrected chi connectivity index (χ2v) is 5.18. The molecule has 0 fully saturated rings. The molecule has 98 valence electrons. The van der Waals surface area contributed by atoms with Crippen LogP contribution in [0.15, 0.2) is 28.3 Å². The van der Waals surface area contributed by atoms with Crippen LogP contribution in [0.4, 0.5) is 4.39 Å². The molecule has 0 aliphatic heterocycles. The monoisotopic (exact) mass is 276 g/mol. The summed E-state index contributed by atoms with van der Waals surface area (Å²) >= 11 is 1.20. The number of benzene rings is 1. The Hall–Kier alpha value is -1.75. The molecule has 2 aromatic rings. The highest BCUT2D eigenvalue weighted by atomic mass is 32.2. The summed E-state index contributed by atoms with van der Waals surface area (Å²) in [5.41, 5.74) is 2.87. The highest BCUT2D eigenvalue weighted by molar-refractivity contribution is 7.99. The summed E-state index contributed by atoms with van der Waals surface area (Å²) in [7, 11) is 0. The molecule has 0 amide bonds. The molecule has 3 nitrogen and oxygen atoms in total. The Morgan fingerprint density at radius 1 is 1.16 bits per heavy atom. The third kappa shape index (κ3) is 2.81. The standard InChI is InChI=1S/C14H13FN2OS/c1-8-9(2)16-14(17-10(8)3)19-13-6-4-5-12(15)11(13)7-18/h4-7H,1-3H3. The molecule has 0 radical (unpaired) electrons. The lowest BCUT2D eigenvalue weighted by atomic mass is 10.2. The van der Waals surface area contributed by atoms with Crippen molar-refractivity contribution in [1.29, 1.82) is 0 Å². The minimum absolute atomic E-state index is 0.0481. The fraction of sp³-hybridized carbons (Fsp3) is 0.214. The third-order valence-corrected chi connectivity index (χ3v) is 3.89. The molecule has 0 spiro atoms. The zero-order valence-corrected chi connectivity index (χ0v) is 11.7. The van der Waals surface area contributed by atoms with Gasteiger partial charge >= 0.3 is 0 Å². The molecule has 0 saturated heterocycles. The van der Waals surface area contributed by atoms with E-state index in [9.17, 15) is 9.18 Å². The molecule has 0 N–H and O–H groups in total. The molecule has 0 atom stereocenters. The van der Waals surface area contributed by atoms with Crippen molar-refractivity contribution >= 4 is 18.0 Å². The Bertz CT molecular complexity index is 620. The lowest BCUT2D eigenvalue weighted by molar-refractivity contribution is 0.111. The second kappa shape index (κ2) is 5.48. The van der Waals surface area contributed by atoms with Crippen LogP contribution in [0.3, 0.4) is 0 Å². The van der Waals surface area contributed by atoms with Gasteiger partial charge in [0, 0.05) is 16.3 Å². The number of hydrogen-bond donors (Lipinski definition) is 0. The van der Waals surface area contributed by atoms with Gasteiger partial charge in [-0.1, -0.05) is 6.07 Å². The van der Waals surface area contributed by atoms with Crippen LogP contribution in [0.25, 0.3) is 0 Å². The Balaban J connectivity index is 2.42. The van der Waals surface area contributed by atoms with Gasteiger partial charge in [-0.05, 0) is 50.2 Å². The molecule has 5 heteroatoms. The molecule has 0 saturated carbocycles. The molecular weight excluding hydrogens is 263 g/mol. The predicted octanol–water partition coefficient (Wildman–Crippen LogP) is 3.50. The largest absolute Gasteiger partial charge is 0.298 e. The first-order valence-corrected chi connectivity index (χ1v) is 6.58. The topological polar surface area (TPSA) is 42.9 Å². The molecule has 1 aromatic carbocycles. The summed E-state index contributed by atoms with van der Waals surface area (Å²) in [5.74, 6) is -0.527. The Morgan fingerprint density at radius 3 is 2.37 bits per heavy atom. The van der Waals surface area contributed by atoms with Gasteiger partial charge in [-0.25, -0.2) is 14.4 Å². The van der Waals surface area contributed by atoms with Gasteiger partial charge < -0.3 is 0 Å². The Labute approximate surface area is 115 Å². The minimum atomic E-state index is -0.527. The molecule has 1 heterocycles. The molecule has 1 aromatic heterocycles. The summed E-state index contributed by atoms with van der Waals surface area (Å²) in [6.45, 7) is 5.76. The molecular formula is C14H13FN2OS. The zero-order valence-electron chi connectivity index (χ0n) is 10.9. The summed E-state index contributed by atoms with van der Waals surface area (Å²) in [4.78, 5) is 20.2.